The Labute approximate surface area is 150 Å². The Kier molecular flexibility index (Phi) is 8.20. The third kappa shape index (κ3) is 7.19. The topological polar surface area (TPSA) is 85.4 Å². The lowest BCUT2D eigenvalue weighted by molar-refractivity contribution is -0.192. The Morgan fingerprint density at radius 3 is 2.31 bits per heavy atom. The highest BCUT2D eigenvalue weighted by Gasteiger charge is 2.38. The van der Waals surface area contributed by atoms with Crippen molar-refractivity contribution in [3.63, 3.8) is 0 Å². The molecule has 0 amide bonds. The molecule has 26 heavy (non-hydrogen) atoms. The van der Waals surface area contributed by atoms with Crippen LogP contribution in [-0.4, -0.2) is 35.4 Å². The number of halogens is 4. The van der Waals surface area contributed by atoms with E-state index in [0.717, 1.165) is 16.3 Å². The maximum Gasteiger partial charge on any atom is 0.490 e. The van der Waals surface area contributed by atoms with E-state index >= 15 is 0 Å². The van der Waals surface area contributed by atoms with Gasteiger partial charge in [-0.15, -0.1) is 11.3 Å². The van der Waals surface area contributed by atoms with Crippen LogP contribution >= 0.6 is 11.3 Å². The van der Waals surface area contributed by atoms with Gasteiger partial charge in [-0.3, -0.25) is 0 Å². The van der Waals surface area contributed by atoms with Gasteiger partial charge in [0.25, 0.3) is 0 Å². The number of alkyl halides is 3. The Morgan fingerprint density at radius 2 is 1.92 bits per heavy atom. The highest BCUT2D eigenvalue weighted by Crippen LogP contribution is 2.25. The fourth-order valence-electron chi connectivity index (χ4n) is 1.49. The van der Waals surface area contributed by atoms with Crippen LogP contribution in [0.3, 0.4) is 0 Å². The summed E-state index contributed by atoms with van der Waals surface area (Å²) in [5, 5.41) is 10.1. The number of aryl methyl sites for hydroxylation is 1. The maximum atomic E-state index is 12.3. The SMILES string of the molecule is Cc1csc(-c2ccc(OCC(=CF)CN)cc2)n1.O=C(O)C(F)(F)F. The second kappa shape index (κ2) is 9.88. The van der Waals surface area contributed by atoms with Crippen molar-refractivity contribution in [1.29, 1.82) is 0 Å². The standard InChI is InChI=1S/C14H15FN2OS.C2HF3O2/c1-10-9-19-14(17-10)12-2-4-13(5-3-12)18-8-11(6-15)7-16;3-2(4,5)1(6)7/h2-6,9H,7-8,16H2,1H3;(H,6,7). The van der Waals surface area contributed by atoms with Gasteiger partial charge >= 0.3 is 12.1 Å². The third-order valence-electron chi connectivity index (χ3n) is 2.80. The maximum absolute atomic E-state index is 12.3. The minimum Gasteiger partial charge on any atom is -0.489 e. The highest BCUT2D eigenvalue weighted by molar-refractivity contribution is 7.13. The van der Waals surface area contributed by atoms with Crippen molar-refractivity contribution in [2.75, 3.05) is 13.2 Å². The van der Waals surface area contributed by atoms with Crippen molar-refractivity contribution < 1.29 is 32.2 Å². The van der Waals surface area contributed by atoms with E-state index in [9.17, 15) is 17.6 Å². The largest absolute Gasteiger partial charge is 0.490 e. The van der Waals surface area contributed by atoms with Crippen LogP contribution < -0.4 is 10.5 Å². The van der Waals surface area contributed by atoms with Gasteiger partial charge in [0.05, 0.1) is 6.33 Å². The summed E-state index contributed by atoms with van der Waals surface area (Å²) < 4.78 is 49.5. The van der Waals surface area contributed by atoms with Gasteiger partial charge in [-0.25, -0.2) is 14.2 Å². The van der Waals surface area contributed by atoms with Gasteiger partial charge in [0.1, 0.15) is 17.4 Å². The minimum absolute atomic E-state index is 0.160. The molecule has 2 rings (SSSR count). The van der Waals surface area contributed by atoms with Crippen molar-refractivity contribution in [2.45, 2.75) is 13.1 Å². The molecule has 0 spiro atoms. The number of nitrogens with two attached hydrogens (primary N) is 1. The minimum atomic E-state index is -5.08. The molecule has 1 aromatic heterocycles. The van der Waals surface area contributed by atoms with Crippen LogP contribution in [0.2, 0.25) is 0 Å². The number of thiazole rings is 1. The third-order valence-corrected chi connectivity index (χ3v) is 3.81. The molecule has 0 aliphatic rings. The summed E-state index contributed by atoms with van der Waals surface area (Å²) in [4.78, 5) is 13.3. The summed E-state index contributed by atoms with van der Waals surface area (Å²) in [5.41, 5.74) is 7.85. The Balaban J connectivity index is 0.000000412. The summed E-state index contributed by atoms with van der Waals surface area (Å²) in [6, 6.07) is 7.57. The lowest BCUT2D eigenvalue weighted by atomic mass is 10.2. The first-order chi connectivity index (χ1) is 12.2. The fourth-order valence-corrected chi connectivity index (χ4v) is 2.30. The van der Waals surface area contributed by atoms with Crippen LogP contribution in [0.25, 0.3) is 10.6 Å². The summed E-state index contributed by atoms with van der Waals surface area (Å²) in [6.45, 7) is 2.30. The monoisotopic (exact) mass is 392 g/mol. The van der Waals surface area contributed by atoms with E-state index in [1.165, 1.54) is 0 Å². The normalized spacial score (nSPS) is 11.5. The van der Waals surface area contributed by atoms with Crippen molar-refractivity contribution in [3.05, 3.63) is 47.2 Å². The number of rotatable bonds is 5. The number of carboxylic acid groups (broad SMARTS) is 1. The zero-order valence-corrected chi connectivity index (χ0v) is 14.4. The zero-order chi connectivity index (χ0) is 19.7. The highest BCUT2D eigenvalue weighted by atomic mass is 32.1. The molecule has 0 bridgehead atoms. The predicted octanol–water partition coefficient (Wildman–Crippen LogP) is 3.94. The van der Waals surface area contributed by atoms with E-state index in [2.05, 4.69) is 4.98 Å². The molecule has 3 N–H and O–H groups in total. The van der Waals surface area contributed by atoms with E-state index in [0.29, 0.717) is 17.7 Å². The first-order valence-corrected chi connectivity index (χ1v) is 7.99. The van der Waals surface area contributed by atoms with Crippen LogP contribution in [0.5, 0.6) is 5.75 Å². The molecule has 0 saturated heterocycles. The smallest absolute Gasteiger partial charge is 0.489 e. The number of hydrogen-bond acceptors (Lipinski definition) is 5. The fraction of sp³-hybridized carbons (Fsp3) is 0.250. The van der Waals surface area contributed by atoms with E-state index in [4.69, 9.17) is 20.4 Å². The molecule has 0 saturated carbocycles. The molecule has 0 unspecified atom stereocenters. The Morgan fingerprint density at radius 1 is 1.35 bits per heavy atom. The van der Waals surface area contributed by atoms with Crippen LogP contribution in [0, 0.1) is 6.92 Å². The van der Waals surface area contributed by atoms with E-state index < -0.39 is 12.1 Å². The average molecular weight is 392 g/mol. The number of carboxylic acids is 1. The molecule has 0 aliphatic heterocycles. The van der Waals surface area contributed by atoms with Gasteiger partial charge in [0, 0.05) is 28.8 Å². The molecule has 10 heteroatoms. The van der Waals surface area contributed by atoms with Crippen LogP contribution in [0.4, 0.5) is 17.6 Å². The lowest BCUT2D eigenvalue weighted by Gasteiger charge is -2.07. The average Bonchev–Trinajstić information content (AvgIpc) is 3.02. The zero-order valence-electron chi connectivity index (χ0n) is 13.6. The van der Waals surface area contributed by atoms with Crippen molar-refractivity contribution in [1.82, 2.24) is 4.98 Å². The van der Waals surface area contributed by atoms with Gasteiger partial charge in [-0.2, -0.15) is 13.2 Å². The molecule has 2 aromatic rings. The number of carbonyl (C=O) groups is 1. The Hall–Kier alpha value is -2.46. The van der Waals surface area contributed by atoms with Crippen molar-refractivity contribution in [2.24, 2.45) is 5.73 Å². The molecular formula is C16H16F4N2O3S. The summed E-state index contributed by atoms with van der Waals surface area (Å²) in [7, 11) is 0. The second-order valence-electron chi connectivity index (χ2n) is 4.88. The molecule has 0 radical (unpaired) electrons. The quantitative estimate of drug-likeness (QED) is 0.753. The van der Waals surface area contributed by atoms with Crippen LogP contribution in [0.1, 0.15) is 5.69 Å². The molecule has 5 nitrogen and oxygen atoms in total. The molecule has 0 atom stereocenters. The second-order valence-corrected chi connectivity index (χ2v) is 5.74. The summed E-state index contributed by atoms with van der Waals surface area (Å²) >= 11 is 1.61. The van der Waals surface area contributed by atoms with Gasteiger partial charge in [0.15, 0.2) is 0 Å². The van der Waals surface area contributed by atoms with Crippen LogP contribution in [0.15, 0.2) is 41.5 Å². The molecular weight excluding hydrogens is 376 g/mol. The number of ether oxygens (including phenoxy) is 1. The van der Waals surface area contributed by atoms with Crippen molar-refractivity contribution in [3.8, 4) is 16.3 Å². The number of aliphatic carboxylic acids is 1. The first-order valence-electron chi connectivity index (χ1n) is 7.11. The van der Waals surface area contributed by atoms with Gasteiger partial charge in [0.2, 0.25) is 0 Å². The van der Waals surface area contributed by atoms with Gasteiger partial charge < -0.3 is 15.6 Å². The molecule has 0 aliphatic carbocycles. The Bertz CT molecular complexity index is 743. The van der Waals surface area contributed by atoms with E-state index in [1.54, 1.807) is 11.3 Å². The lowest BCUT2D eigenvalue weighted by Crippen LogP contribution is -2.21. The van der Waals surface area contributed by atoms with Gasteiger partial charge in [-0.05, 0) is 31.2 Å². The number of aromatic nitrogens is 1. The molecule has 0 fully saturated rings. The number of nitrogens with zero attached hydrogens (tertiary/aromatic N) is 1. The van der Waals surface area contributed by atoms with E-state index in [-0.39, 0.29) is 13.2 Å². The number of benzene rings is 1. The van der Waals surface area contributed by atoms with Crippen molar-refractivity contribution >= 4 is 17.3 Å². The van der Waals surface area contributed by atoms with Gasteiger partial charge in [-0.1, -0.05) is 0 Å². The molecule has 142 valence electrons. The summed E-state index contributed by atoms with van der Waals surface area (Å²) in [6.07, 6.45) is -4.59. The van der Waals surface area contributed by atoms with Crippen LogP contribution in [-0.2, 0) is 4.79 Å². The van der Waals surface area contributed by atoms with E-state index in [1.807, 2.05) is 36.6 Å². The predicted molar refractivity (Wildman–Crippen MR) is 89.7 cm³/mol. The first kappa shape index (κ1) is 21.6. The number of hydrogen-bond donors (Lipinski definition) is 2. The molecule has 1 heterocycles. The summed E-state index contributed by atoms with van der Waals surface area (Å²) in [5.74, 6) is -2.07. The molecule has 1 aromatic carbocycles.